The number of rotatable bonds is 5. The van der Waals surface area contributed by atoms with E-state index >= 15 is 0 Å². The minimum absolute atomic E-state index is 0.0229. The van der Waals surface area contributed by atoms with Crippen LogP contribution in [0, 0.1) is 11.6 Å². The summed E-state index contributed by atoms with van der Waals surface area (Å²) in [5.41, 5.74) is 0.267. The maximum Gasteiger partial charge on any atom is 0.246 e. The molecule has 28 heavy (non-hydrogen) atoms. The summed E-state index contributed by atoms with van der Waals surface area (Å²) in [6.45, 7) is 0.455. The van der Waals surface area contributed by atoms with E-state index in [0.29, 0.717) is 17.9 Å². The molecule has 0 spiro atoms. The van der Waals surface area contributed by atoms with Crippen LogP contribution in [0.25, 0.3) is 0 Å². The fourth-order valence-electron chi connectivity index (χ4n) is 3.12. The second-order valence-electron chi connectivity index (χ2n) is 6.23. The van der Waals surface area contributed by atoms with Gasteiger partial charge >= 0.3 is 0 Å². The predicted molar refractivity (Wildman–Crippen MR) is 104 cm³/mol. The highest BCUT2D eigenvalue weighted by Gasteiger charge is 2.31. The average Bonchev–Trinajstić information content (AvgIpc) is 2.96. The number of halogens is 2. The van der Waals surface area contributed by atoms with E-state index in [1.54, 1.807) is 12.1 Å². The van der Waals surface area contributed by atoms with Gasteiger partial charge in [-0.15, -0.1) is 0 Å². The second kappa shape index (κ2) is 8.67. The van der Waals surface area contributed by atoms with Crippen molar-refractivity contribution in [3.05, 3.63) is 53.6 Å². The number of thioether (sulfide) groups is 1. The Kier molecular flexibility index (Phi) is 6.47. The van der Waals surface area contributed by atoms with Crippen molar-refractivity contribution in [2.24, 2.45) is 0 Å². The Labute approximate surface area is 167 Å². The molecule has 0 aromatic heterocycles. The number of benzene rings is 2. The SMILES string of the molecule is COc1ccc(OC)c(S(=O)(=O)N2CCSC(c3cc(F)ccc3F)CC2)c1. The van der Waals surface area contributed by atoms with Crippen molar-refractivity contribution in [1.29, 1.82) is 0 Å². The summed E-state index contributed by atoms with van der Waals surface area (Å²) >= 11 is 1.42. The first-order valence-corrected chi connectivity index (χ1v) is 11.1. The van der Waals surface area contributed by atoms with Crippen LogP contribution in [0.4, 0.5) is 8.78 Å². The number of sulfonamides is 1. The maximum absolute atomic E-state index is 14.1. The third-order valence-electron chi connectivity index (χ3n) is 4.59. The zero-order valence-corrected chi connectivity index (χ0v) is 17.2. The summed E-state index contributed by atoms with van der Waals surface area (Å²) in [6, 6.07) is 7.96. The van der Waals surface area contributed by atoms with Gasteiger partial charge in [0, 0.05) is 35.7 Å². The lowest BCUT2D eigenvalue weighted by Gasteiger charge is -2.21. The van der Waals surface area contributed by atoms with E-state index in [1.807, 2.05) is 0 Å². The molecule has 0 amide bonds. The Morgan fingerprint density at radius 3 is 2.57 bits per heavy atom. The minimum Gasteiger partial charge on any atom is -0.497 e. The molecular weight excluding hydrogens is 408 g/mol. The standard InChI is InChI=1S/C19H21F2NO4S2/c1-25-14-4-6-17(26-2)19(12-14)28(23,24)22-8-7-18(27-10-9-22)15-11-13(20)3-5-16(15)21/h3-6,11-12,18H,7-10H2,1-2H3. The first-order valence-electron chi connectivity index (χ1n) is 8.65. The fraction of sp³-hybridized carbons (Fsp3) is 0.368. The number of methoxy groups -OCH3 is 2. The van der Waals surface area contributed by atoms with Crippen molar-refractivity contribution in [2.45, 2.75) is 16.6 Å². The first kappa shape index (κ1) is 20.9. The highest BCUT2D eigenvalue weighted by molar-refractivity contribution is 7.99. The molecule has 1 heterocycles. The van der Waals surface area contributed by atoms with Crippen molar-refractivity contribution < 1.29 is 26.7 Å². The molecule has 2 aromatic rings. The van der Waals surface area contributed by atoms with E-state index in [9.17, 15) is 17.2 Å². The van der Waals surface area contributed by atoms with Crippen molar-refractivity contribution in [2.75, 3.05) is 33.1 Å². The molecule has 152 valence electrons. The number of ether oxygens (including phenoxy) is 2. The van der Waals surface area contributed by atoms with Crippen molar-refractivity contribution >= 4 is 21.8 Å². The van der Waals surface area contributed by atoms with Gasteiger partial charge in [-0.3, -0.25) is 0 Å². The van der Waals surface area contributed by atoms with Crippen LogP contribution >= 0.6 is 11.8 Å². The highest BCUT2D eigenvalue weighted by atomic mass is 32.2. The fourth-order valence-corrected chi connectivity index (χ4v) is 6.11. The summed E-state index contributed by atoms with van der Waals surface area (Å²) in [4.78, 5) is 0.0229. The molecule has 1 aliphatic rings. The van der Waals surface area contributed by atoms with Crippen LogP contribution in [0.15, 0.2) is 41.3 Å². The number of hydrogen-bond acceptors (Lipinski definition) is 5. The van der Waals surface area contributed by atoms with Gasteiger partial charge < -0.3 is 9.47 Å². The lowest BCUT2D eigenvalue weighted by Crippen LogP contribution is -2.33. The molecule has 1 saturated heterocycles. The van der Waals surface area contributed by atoms with Crippen LogP contribution in [0.3, 0.4) is 0 Å². The van der Waals surface area contributed by atoms with Gasteiger partial charge in [-0.1, -0.05) is 0 Å². The van der Waals surface area contributed by atoms with Gasteiger partial charge in [0.1, 0.15) is 28.0 Å². The zero-order chi connectivity index (χ0) is 20.3. The molecule has 1 unspecified atom stereocenters. The van der Waals surface area contributed by atoms with E-state index in [0.717, 1.165) is 12.1 Å². The quantitative estimate of drug-likeness (QED) is 0.723. The van der Waals surface area contributed by atoms with E-state index in [-0.39, 0.29) is 34.5 Å². The molecule has 5 nitrogen and oxygen atoms in total. The molecular formula is C19H21F2NO4S2. The molecule has 1 atom stereocenters. The van der Waals surface area contributed by atoms with Crippen LogP contribution in [-0.4, -0.2) is 45.8 Å². The Morgan fingerprint density at radius 1 is 1.07 bits per heavy atom. The molecule has 0 N–H and O–H groups in total. The topological polar surface area (TPSA) is 55.8 Å². The van der Waals surface area contributed by atoms with Gasteiger partial charge in [0.2, 0.25) is 10.0 Å². The summed E-state index contributed by atoms with van der Waals surface area (Å²) in [6.07, 6.45) is 0.372. The van der Waals surface area contributed by atoms with Gasteiger partial charge in [0.15, 0.2) is 0 Å². The van der Waals surface area contributed by atoms with E-state index in [1.165, 1.54) is 42.4 Å². The normalized spacial score (nSPS) is 18.5. The van der Waals surface area contributed by atoms with Gasteiger partial charge in [-0.25, -0.2) is 17.2 Å². The van der Waals surface area contributed by atoms with Crippen LogP contribution in [0.1, 0.15) is 17.2 Å². The predicted octanol–water partition coefficient (Wildman–Crippen LogP) is 3.85. The van der Waals surface area contributed by atoms with Crippen molar-refractivity contribution in [3.63, 3.8) is 0 Å². The molecule has 1 aliphatic heterocycles. The zero-order valence-electron chi connectivity index (χ0n) is 15.5. The van der Waals surface area contributed by atoms with Crippen LogP contribution in [0.5, 0.6) is 11.5 Å². The smallest absolute Gasteiger partial charge is 0.246 e. The largest absolute Gasteiger partial charge is 0.497 e. The van der Waals surface area contributed by atoms with Gasteiger partial charge in [-0.05, 0) is 36.8 Å². The maximum atomic E-state index is 14.1. The molecule has 3 rings (SSSR count). The summed E-state index contributed by atoms with van der Waals surface area (Å²) in [7, 11) is -0.976. The third kappa shape index (κ3) is 4.26. The molecule has 0 saturated carbocycles. The highest BCUT2D eigenvalue weighted by Crippen LogP contribution is 2.38. The summed E-state index contributed by atoms with van der Waals surface area (Å²) < 4.78 is 65.8. The molecule has 9 heteroatoms. The molecule has 1 fully saturated rings. The van der Waals surface area contributed by atoms with Crippen molar-refractivity contribution in [1.82, 2.24) is 4.31 Å². The van der Waals surface area contributed by atoms with E-state index in [4.69, 9.17) is 9.47 Å². The average molecular weight is 430 g/mol. The Morgan fingerprint density at radius 2 is 1.86 bits per heavy atom. The Bertz CT molecular complexity index is 953. The minimum atomic E-state index is -3.84. The lowest BCUT2D eigenvalue weighted by atomic mass is 10.1. The Hall–Kier alpha value is -1.84. The van der Waals surface area contributed by atoms with Gasteiger partial charge in [0.05, 0.1) is 14.2 Å². The second-order valence-corrected chi connectivity index (χ2v) is 9.45. The van der Waals surface area contributed by atoms with Gasteiger partial charge in [-0.2, -0.15) is 16.1 Å². The van der Waals surface area contributed by atoms with Crippen LogP contribution < -0.4 is 9.47 Å². The van der Waals surface area contributed by atoms with Crippen LogP contribution in [0.2, 0.25) is 0 Å². The summed E-state index contributed by atoms with van der Waals surface area (Å²) in [5, 5.41) is -0.317. The lowest BCUT2D eigenvalue weighted by molar-refractivity contribution is 0.384. The first-order chi connectivity index (χ1) is 13.4. The Balaban J connectivity index is 1.86. The summed E-state index contributed by atoms with van der Waals surface area (Å²) in [5.74, 6) is 0.108. The molecule has 0 radical (unpaired) electrons. The monoisotopic (exact) mass is 429 g/mol. The number of nitrogens with zero attached hydrogens (tertiary/aromatic N) is 1. The van der Waals surface area contributed by atoms with Crippen LogP contribution in [-0.2, 0) is 10.0 Å². The van der Waals surface area contributed by atoms with Crippen molar-refractivity contribution in [3.8, 4) is 11.5 Å². The molecule has 2 aromatic carbocycles. The van der Waals surface area contributed by atoms with Gasteiger partial charge in [0.25, 0.3) is 0 Å². The van der Waals surface area contributed by atoms with E-state index < -0.39 is 21.7 Å². The third-order valence-corrected chi connectivity index (χ3v) is 7.82. The molecule has 0 aliphatic carbocycles. The van der Waals surface area contributed by atoms with E-state index in [2.05, 4.69) is 0 Å². The molecule has 0 bridgehead atoms. The number of hydrogen-bond donors (Lipinski definition) is 0.